The number of quaternary nitrogens is 1. The van der Waals surface area contributed by atoms with Gasteiger partial charge in [-0.05, 0) is 51.0 Å². The average Bonchev–Trinajstić information content (AvgIpc) is 2.64. The van der Waals surface area contributed by atoms with Gasteiger partial charge < -0.3 is 20.2 Å². The zero-order valence-electron chi connectivity index (χ0n) is 16.7. The first kappa shape index (κ1) is 19.2. The van der Waals surface area contributed by atoms with Crippen LogP contribution >= 0.6 is 0 Å². The molecular weight excluding hydrogens is 338 g/mol. The van der Waals surface area contributed by atoms with Crippen molar-refractivity contribution >= 4 is 17.3 Å². The van der Waals surface area contributed by atoms with Gasteiger partial charge >= 0.3 is 0 Å². The van der Waals surface area contributed by atoms with Gasteiger partial charge in [0.1, 0.15) is 5.75 Å². The molecule has 0 aromatic heterocycles. The van der Waals surface area contributed by atoms with Crippen LogP contribution in [0.15, 0.2) is 36.4 Å². The Labute approximate surface area is 161 Å². The molecule has 1 aliphatic heterocycles. The third kappa shape index (κ3) is 4.25. The highest BCUT2D eigenvalue weighted by Gasteiger charge is 2.30. The number of carbonyl (C=O) groups is 1. The lowest BCUT2D eigenvalue weighted by atomic mass is 10.0. The quantitative estimate of drug-likeness (QED) is 0.774. The lowest BCUT2D eigenvalue weighted by Gasteiger charge is -2.36. The number of anilines is 2. The number of nitrogens with zero attached hydrogens (tertiary/aromatic N) is 1. The molecule has 1 atom stereocenters. The molecule has 0 unspecified atom stereocenters. The summed E-state index contributed by atoms with van der Waals surface area (Å²) in [5.74, 6) is 0.383. The molecule has 0 aliphatic carbocycles. The van der Waals surface area contributed by atoms with E-state index in [4.69, 9.17) is 0 Å². The molecule has 2 aromatic rings. The van der Waals surface area contributed by atoms with E-state index in [2.05, 4.69) is 29.3 Å². The molecule has 5 heteroatoms. The number of phenols is 1. The van der Waals surface area contributed by atoms with E-state index in [1.54, 1.807) is 6.07 Å². The first-order valence-corrected chi connectivity index (χ1v) is 9.63. The molecule has 1 fully saturated rings. The Balaban J connectivity index is 1.61. The number of hydrogen-bond donors (Lipinski definition) is 3. The van der Waals surface area contributed by atoms with Gasteiger partial charge in [0, 0.05) is 5.69 Å². The standard InChI is InChI=1S/C22H29N3O2/c1-15-13-16(2)21(17(3)14-15)23-22(27)18(4)24-9-11-25(12-10-24)19-7-5-6-8-20(19)26/h5-8,13-14,18,26H,9-12H2,1-4H3,(H,23,27)/p+1/t18-/m0/s1. The summed E-state index contributed by atoms with van der Waals surface area (Å²) in [5, 5.41) is 13.2. The van der Waals surface area contributed by atoms with E-state index in [0.29, 0.717) is 5.75 Å². The average molecular weight is 369 g/mol. The highest BCUT2D eigenvalue weighted by Crippen LogP contribution is 2.26. The van der Waals surface area contributed by atoms with Crippen molar-refractivity contribution in [3.05, 3.63) is 53.1 Å². The molecule has 5 nitrogen and oxygen atoms in total. The van der Waals surface area contributed by atoms with Gasteiger partial charge in [0.2, 0.25) is 0 Å². The van der Waals surface area contributed by atoms with Crippen molar-refractivity contribution in [2.75, 3.05) is 36.4 Å². The number of piperazine rings is 1. The van der Waals surface area contributed by atoms with Crippen molar-refractivity contribution in [2.45, 2.75) is 33.7 Å². The number of aryl methyl sites for hydroxylation is 3. The predicted octanol–water partition coefficient (Wildman–Crippen LogP) is 2.05. The van der Waals surface area contributed by atoms with Gasteiger partial charge in [-0.2, -0.15) is 0 Å². The largest absolute Gasteiger partial charge is 0.506 e. The third-order valence-corrected chi connectivity index (χ3v) is 5.56. The molecule has 144 valence electrons. The predicted molar refractivity (Wildman–Crippen MR) is 110 cm³/mol. The number of hydrogen-bond acceptors (Lipinski definition) is 3. The van der Waals surface area contributed by atoms with E-state index in [9.17, 15) is 9.90 Å². The molecule has 1 heterocycles. The molecule has 3 N–H and O–H groups in total. The summed E-state index contributed by atoms with van der Waals surface area (Å²) >= 11 is 0. The van der Waals surface area contributed by atoms with E-state index in [1.807, 2.05) is 39.0 Å². The number of amides is 1. The molecule has 0 spiro atoms. The maximum absolute atomic E-state index is 12.8. The number of carbonyl (C=O) groups excluding carboxylic acids is 1. The monoisotopic (exact) mass is 368 g/mol. The number of rotatable bonds is 4. The summed E-state index contributed by atoms with van der Waals surface area (Å²) in [6.45, 7) is 11.5. The Morgan fingerprint density at radius 1 is 1.11 bits per heavy atom. The van der Waals surface area contributed by atoms with Crippen LogP contribution in [-0.2, 0) is 4.79 Å². The Bertz CT molecular complexity index is 803. The van der Waals surface area contributed by atoms with Crippen LogP contribution in [0.2, 0.25) is 0 Å². The highest BCUT2D eigenvalue weighted by atomic mass is 16.3. The van der Waals surface area contributed by atoms with Crippen molar-refractivity contribution in [3.63, 3.8) is 0 Å². The molecule has 0 bridgehead atoms. The maximum Gasteiger partial charge on any atom is 0.282 e. The summed E-state index contributed by atoms with van der Waals surface area (Å²) in [5.41, 5.74) is 5.23. The fourth-order valence-corrected chi connectivity index (χ4v) is 3.99. The lowest BCUT2D eigenvalue weighted by molar-refractivity contribution is -0.914. The highest BCUT2D eigenvalue weighted by molar-refractivity contribution is 5.95. The second kappa shape index (κ2) is 8.01. The summed E-state index contributed by atoms with van der Waals surface area (Å²) in [6.07, 6.45) is 0. The summed E-state index contributed by atoms with van der Waals surface area (Å²) in [4.78, 5) is 16.3. The molecular formula is C22H30N3O2+. The molecule has 3 rings (SSSR count). The van der Waals surface area contributed by atoms with Crippen LogP contribution in [0.1, 0.15) is 23.6 Å². The van der Waals surface area contributed by atoms with Gasteiger partial charge in [-0.15, -0.1) is 0 Å². The van der Waals surface area contributed by atoms with E-state index in [1.165, 1.54) is 10.5 Å². The number of phenolic OH excluding ortho intramolecular Hbond substituents is 1. The molecule has 0 saturated carbocycles. The minimum absolute atomic E-state index is 0.0658. The smallest absolute Gasteiger partial charge is 0.282 e. The first-order chi connectivity index (χ1) is 12.9. The van der Waals surface area contributed by atoms with Gasteiger partial charge in [0.05, 0.1) is 31.9 Å². The van der Waals surface area contributed by atoms with E-state index in [-0.39, 0.29) is 11.9 Å². The normalized spacial score (nSPS) is 16.2. The van der Waals surface area contributed by atoms with Crippen LogP contribution in [-0.4, -0.2) is 43.2 Å². The number of para-hydroxylation sites is 2. The summed E-state index contributed by atoms with van der Waals surface area (Å²) < 4.78 is 0. The maximum atomic E-state index is 12.8. The Morgan fingerprint density at radius 3 is 2.30 bits per heavy atom. The summed E-state index contributed by atoms with van der Waals surface area (Å²) in [6, 6.07) is 11.5. The number of aromatic hydroxyl groups is 1. The van der Waals surface area contributed by atoms with Gasteiger partial charge in [-0.3, -0.25) is 4.79 Å². The molecule has 1 saturated heterocycles. The Morgan fingerprint density at radius 2 is 1.70 bits per heavy atom. The van der Waals surface area contributed by atoms with Gasteiger partial charge in [0.25, 0.3) is 5.91 Å². The van der Waals surface area contributed by atoms with E-state index in [0.717, 1.165) is 48.7 Å². The lowest BCUT2D eigenvalue weighted by Crippen LogP contribution is -3.19. The molecule has 0 radical (unpaired) electrons. The number of benzene rings is 2. The molecule has 27 heavy (non-hydrogen) atoms. The van der Waals surface area contributed by atoms with E-state index < -0.39 is 0 Å². The van der Waals surface area contributed by atoms with Crippen molar-refractivity contribution in [2.24, 2.45) is 0 Å². The second-order valence-corrected chi connectivity index (χ2v) is 7.62. The van der Waals surface area contributed by atoms with Crippen molar-refractivity contribution in [1.82, 2.24) is 0 Å². The topological polar surface area (TPSA) is 57.0 Å². The van der Waals surface area contributed by atoms with Crippen LogP contribution < -0.4 is 15.1 Å². The van der Waals surface area contributed by atoms with Gasteiger partial charge in [0.15, 0.2) is 6.04 Å². The van der Waals surface area contributed by atoms with Crippen LogP contribution in [0.25, 0.3) is 0 Å². The Kier molecular flexibility index (Phi) is 5.71. The molecule has 1 amide bonds. The minimum Gasteiger partial charge on any atom is -0.506 e. The fourth-order valence-electron chi connectivity index (χ4n) is 3.99. The van der Waals surface area contributed by atoms with Crippen LogP contribution in [0.4, 0.5) is 11.4 Å². The SMILES string of the molecule is Cc1cc(C)c(NC(=O)[C@H](C)[NH+]2CCN(c3ccccc3O)CC2)c(C)c1. The zero-order chi connectivity index (χ0) is 19.6. The van der Waals surface area contributed by atoms with Crippen LogP contribution in [0.3, 0.4) is 0 Å². The zero-order valence-corrected chi connectivity index (χ0v) is 16.7. The molecule has 2 aromatic carbocycles. The fraction of sp³-hybridized carbons (Fsp3) is 0.409. The van der Waals surface area contributed by atoms with Crippen LogP contribution in [0.5, 0.6) is 5.75 Å². The molecule has 1 aliphatic rings. The Hall–Kier alpha value is -2.53. The van der Waals surface area contributed by atoms with Crippen LogP contribution in [0, 0.1) is 20.8 Å². The van der Waals surface area contributed by atoms with E-state index >= 15 is 0 Å². The van der Waals surface area contributed by atoms with Gasteiger partial charge in [-0.25, -0.2) is 0 Å². The number of nitrogens with one attached hydrogen (secondary N) is 2. The van der Waals surface area contributed by atoms with Gasteiger partial charge in [-0.1, -0.05) is 29.8 Å². The second-order valence-electron chi connectivity index (χ2n) is 7.62. The van der Waals surface area contributed by atoms with Crippen molar-refractivity contribution in [3.8, 4) is 5.75 Å². The summed E-state index contributed by atoms with van der Waals surface area (Å²) in [7, 11) is 0. The van der Waals surface area contributed by atoms with Crippen molar-refractivity contribution in [1.29, 1.82) is 0 Å². The minimum atomic E-state index is -0.114. The van der Waals surface area contributed by atoms with Crippen molar-refractivity contribution < 1.29 is 14.8 Å². The first-order valence-electron chi connectivity index (χ1n) is 9.63. The third-order valence-electron chi connectivity index (χ3n) is 5.56.